The minimum Gasteiger partial charge on any atom is -0.355 e. The largest absolute Gasteiger partial charge is 0.355 e. The molecule has 1 amide bonds. The summed E-state index contributed by atoms with van der Waals surface area (Å²) in [5, 5.41) is 5.81. The zero-order valence-electron chi connectivity index (χ0n) is 6.80. The topological polar surface area (TPSA) is 58.2 Å². The summed E-state index contributed by atoms with van der Waals surface area (Å²) in [4.78, 5) is 22.7. The Morgan fingerprint density at radius 3 is 2.92 bits per heavy atom. The number of hydrogen-bond donors (Lipinski definition) is 2. The Morgan fingerprint density at radius 1 is 1.25 bits per heavy atom. The van der Waals surface area contributed by atoms with Crippen molar-refractivity contribution in [3.63, 3.8) is 0 Å². The highest BCUT2D eigenvalue weighted by Crippen LogP contribution is 2.19. The predicted molar refractivity (Wildman–Crippen MR) is 42.5 cm³/mol. The molecule has 4 nitrogen and oxygen atoms in total. The highest BCUT2D eigenvalue weighted by atomic mass is 16.2. The van der Waals surface area contributed by atoms with Gasteiger partial charge in [0, 0.05) is 13.0 Å². The second kappa shape index (κ2) is 2.86. The van der Waals surface area contributed by atoms with Crippen LogP contribution in [0.4, 0.5) is 0 Å². The number of ketones is 1. The van der Waals surface area contributed by atoms with Crippen LogP contribution in [0.1, 0.15) is 12.8 Å². The van der Waals surface area contributed by atoms with Crippen LogP contribution in [-0.2, 0) is 9.59 Å². The van der Waals surface area contributed by atoms with Gasteiger partial charge in [-0.3, -0.25) is 9.59 Å². The molecule has 0 radical (unpaired) electrons. The Bertz CT molecular complexity index is 205. The standard InChI is InChI=1S/C8H12N2O2/c11-6-2-4-10-8(12)5-1-3-9-7(5)6/h5,7,9H,1-4H2,(H,10,12). The Labute approximate surface area is 70.7 Å². The van der Waals surface area contributed by atoms with Crippen molar-refractivity contribution in [2.75, 3.05) is 13.1 Å². The molecule has 0 aromatic rings. The monoisotopic (exact) mass is 168 g/mol. The van der Waals surface area contributed by atoms with Gasteiger partial charge in [-0.15, -0.1) is 0 Å². The van der Waals surface area contributed by atoms with E-state index in [1.54, 1.807) is 0 Å². The van der Waals surface area contributed by atoms with Crippen LogP contribution in [0.2, 0.25) is 0 Å². The average Bonchev–Trinajstić information content (AvgIpc) is 2.47. The third kappa shape index (κ3) is 1.12. The van der Waals surface area contributed by atoms with Gasteiger partial charge in [-0.2, -0.15) is 0 Å². The number of Topliss-reactive ketones (excluding diaryl/α,β-unsaturated/α-hetero) is 1. The van der Waals surface area contributed by atoms with E-state index < -0.39 is 0 Å². The molecule has 0 spiro atoms. The van der Waals surface area contributed by atoms with E-state index in [4.69, 9.17) is 0 Å². The van der Waals surface area contributed by atoms with E-state index >= 15 is 0 Å². The summed E-state index contributed by atoms with van der Waals surface area (Å²) >= 11 is 0. The van der Waals surface area contributed by atoms with Gasteiger partial charge in [0.05, 0.1) is 12.0 Å². The fourth-order valence-corrected chi connectivity index (χ4v) is 1.92. The Morgan fingerprint density at radius 2 is 2.08 bits per heavy atom. The summed E-state index contributed by atoms with van der Waals surface area (Å²) in [6, 6.07) is -0.201. The molecule has 2 unspecified atom stereocenters. The molecule has 2 saturated heterocycles. The molecule has 0 aromatic carbocycles. The van der Waals surface area contributed by atoms with Crippen molar-refractivity contribution in [1.29, 1.82) is 0 Å². The van der Waals surface area contributed by atoms with Gasteiger partial charge >= 0.3 is 0 Å². The lowest BCUT2D eigenvalue weighted by Crippen LogP contribution is -2.38. The summed E-state index contributed by atoms with van der Waals surface area (Å²) in [6.07, 6.45) is 1.27. The van der Waals surface area contributed by atoms with Crippen LogP contribution < -0.4 is 10.6 Å². The van der Waals surface area contributed by atoms with E-state index in [0.717, 1.165) is 13.0 Å². The Hall–Kier alpha value is -0.900. The van der Waals surface area contributed by atoms with Gasteiger partial charge in [0.1, 0.15) is 0 Å². The SMILES string of the molecule is O=C1NCCC(=O)C2NCCC12. The summed E-state index contributed by atoms with van der Waals surface area (Å²) in [6.45, 7) is 1.29. The average molecular weight is 168 g/mol. The third-order valence-corrected chi connectivity index (χ3v) is 2.58. The number of rotatable bonds is 0. The maximum atomic E-state index is 11.4. The summed E-state index contributed by atoms with van der Waals surface area (Å²) in [5.74, 6) is 0.103. The lowest BCUT2D eigenvalue weighted by molar-refractivity contribution is -0.127. The van der Waals surface area contributed by atoms with Crippen molar-refractivity contribution in [3.8, 4) is 0 Å². The summed E-state index contributed by atoms with van der Waals surface area (Å²) in [5.41, 5.74) is 0. The van der Waals surface area contributed by atoms with Gasteiger partial charge in [-0.25, -0.2) is 0 Å². The van der Waals surface area contributed by atoms with Crippen LogP contribution in [-0.4, -0.2) is 30.8 Å². The van der Waals surface area contributed by atoms with Gasteiger partial charge in [-0.05, 0) is 13.0 Å². The second-order valence-electron chi connectivity index (χ2n) is 3.33. The molecule has 12 heavy (non-hydrogen) atoms. The third-order valence-electron chi connectivity index (χ3n) is 2.58. The van der Waals surface area contributed by atoms with Gasteiger partial charge in [0.2, 0.25) is 5.91 Å². The number of carbonyl (C=O) groups is 2. The number of nitrogens with one attached hydrogen (secondary N) is 2. The molecule has 2 heterocycles. The van der Waals surface area contributed by atoms with Crippen molar-refractivity contribution < 1.29 is 9.59 Å². The molecular formula is C8H12N2O2. The first-order valence-corrected chi connectivity index (χ1v) is 4.33. The minimum absolute atomic E-state index is 0.0378. The molecule has 4 heteroatoms. The molecule has 2 aliphatic rings. The molecule has 0 saturated carbocycles. The van der Waals surface area contributed by atoms with Crippen LogP contribution in [0.25, 0.3) is 0 Å². The molecule has 2 aliphatic heterocycles. The van der Waals surface area contributed by atoms with Crippen molar-refractivity contribution in [1.82, 2.24) is 10.6 Å². The lowest BCUT2D eigenvalue weighted by Gasteiger charge is -2.11. The summed E-state index contributed by atoms with van der Waals surface area (Å²) < 4.78 is 0. The van der Waals surface area contributed by atoms with E-state index in [-0.39, 0.29) is 23.7 Å². The van der Waals surface area contributed by atoms with E-state index in [1.165, 1.54) is 0 Å². The molecule has 0 bridgehead atoms. The highest BCUT2D eigenvalue weighted by Gasteiger charge is 2.38. The second-order valence-corrected chi connectivity index (χ2v) is 3.33. The van der Waals surface area contributed by atoms with E-state index in [0.29, 0.717) is 13.0 Å². The zero-order chi connectivity index (χ0) is 8.55. The molecule has 2 rings (SSSR count). The first-order chi connectivity index (χ1) is 5.79. The normalized spacial score (nSPS) is 35.7. The van der Waals surface area contributed by atoms with Crippen molar-refractivity contribution in [2.45, 2.75) is 18.9 Å². The summed E-state index contributed by atoms with van der Waals surface area (Å²) in [7, 11) is 0. The number of fused-ring (bicyclic) bond motifs is 1. The van der Waals surface area contributed by atoms with Crippen LogP contribution in [0, 0.1) is 5.92 Å². The molecule has 2 N–H and O–H groups in total. The van der Waals surface area contributed by atoms with E-state index in [2.05, 4.69) is 10.6 Å². The van der Waals surface area contributed by atoms with Crippen LogP contribution in [0.5, 0.6) is 0 Å². The van der Waals surface area contributed by atoms with Gasteiger partial charge < -0.3 is 10.6 Å². The van der Waals surface area contributed by atoms with Crippen LogP contribution in [0.15, 0.2) is 0 Å². The quantitative estimate of drug-likeness (QED) is 0.490. The van der Waals surface area contributed by atoms with Gasteiger partial charge in [0.25, 0.3) is 0 Å². The number of hydrogen-bond acceptors (Lipinski definition) is 3. The molecule has 0 aromatic heterocycles. The number of amides is 1. The van der Waals surface area contributed by atoms with Crippen molar-refractivity contribution >= 4 is 11.7 Å². The minimum atomic E-state index is -0.201. The van der Waals surface area contributed by atoms with Gasteiger partial charge in [0.15, 0.2) is 5.78 Å². The van der Waals surface area contributed by atoms with E-state index in [1.807, 2.05) is 0 Å². The molecule has 2 atom stereocenters. The number of carbonyl (C=O) groups excluding carboxylic acids is 2. The smallest absolute Gasteiger partial charge is 0.225 e. The maximum absolute atomic E-state index is 11.4. The molecule has 0 aliphatic carbocycles. The zero-order valence-corrected chi connectivity index (χ0v) is 6.80. The maximum Gasteiger partial charge on any atom is 0.225 e. The highest BCUT2D eigenvalue weighted by molar-refractivity contribution is 5.94. The molecule has 66 valence electrons. The van der Waals surface area contributed by atoms with Crippen molar-refractivity contribution in [2.24, 2.45) is 5.92 Å². The Kier molecular flexibility index (Phi) is 1.84. The predicted octanol–water partition coefficient (Wildman–Crippen LogP) is -0.947. The van der Waals surface area contributed by atoms with Crippen LogP contribution in [0.3, 0.4) is 0 Å². The fraction of sp³-hybridized carbons (Fsp3) is 0.750. The van der Waals surface area contributed by atoms with Gasteiger partial charge in [-0.1, -0.05) is 0 Å². The first-order valence-electron chi connectivity index (χ1n) is 4.33. The van der Waals surface area contributed by atoms with Crippen molar-refractivity contribution in [3.05, 3.63) is 0 Å². The fourth-order valence-electron chi connectivity index (χ4n) is 1.92. The Balaban J connectivity index is 2.20. The lowest BCUT2D eigenvalue weighted by atomic mass is 9.97. The van der Waals surface area contributed by atoms with E-state index in [9.17, 15) is 9.59 Å². The molecular weight excluding hydrogens is 156 g/mol. The molecule has 2 fully saturated rings. The first kappa shape index (κ1) is 7.73. The van der Waals surface area contributed by atoms with Crippen LogP contribution >= 0.6 is 0 Å².